The summed E-state index contributed by atoms with van der Waals surface area (Å²) in [5.74, 6) is 0.548. The SMILES string of the molecule is Cl.N[C@@H](c1ccoc1)C1CCOCC1. The Morgan fingerprint density at radius 3 is 2.64 bits per heavy atom. The molecule has 0 radical (unpaired) electrons. The smallest absolute Gasteiger partial charge is 0.0950 e. The van der Waals surface area contributed by atoms with Gasteiger partial charge >= 0.3 is 0 Å². The van der Waals surface area contributed by atoms with E-state index >= 15 is 0 Å². The molecule has 0 aliphatic carbocycles. The van der Waals surface area contributed by atoms with Crippen molar-refractivity contribution in [3.63, 3.8) is 0 Å². The van der Waals surface area contributed by atoms with Crippen molar-refractivity contribution in [1.82, 2.24) is 0 Å². The lowest BCUT2D eigenvalue weighted by atomic mass is 9.89. The van der Waals surface area contributed by atoms with Crippen LogP contribution < -0.4 is 5.73 Å². The summed E-state index contributed by atoms with van der Waals surface area (Å²) in [6.07, 6.45) is 5.54. The van der Waals surface area contributed by atoms with Crippen molar-refractivity contribution in [2.75, 3.05) is 13.2 Å². The van der Waals surface area contributed by atoms with Gasteiger partial charge in [-0.2, -0.15) is 0 Å². The van der Waals surface area contributed by atoms with Crippen LogP contribution in [-0.2, 0) is 4.74 Å². The van der Waals surface area contributed by atoms with Gasteiger partial charge in [-0.3, -0.25) is 0 Å². The van der Waals surface area contributed by atoms with E-state index in [4.69, 9.17) is 14.9 Å². The van der Waals surface area contributed by atoms with Crippen molar-refractivity contribution in [3.05, 3.63) is 24.2 Å². The third-order valence-corrected chi connectivity index (χ3v) is 2.70. The summed E-state index contributed by atoms with van der Waals surface area (Å²) in [5, 5.41) is 0. The molecule has 2 rings (SSSR count). The fourth-order valence-electron chi connectivity index (χ4n) is 1.81. The van der Waals surface area contributed by atoms with Crippen molar-refractivity contribution in [1.29, 1.82) is 0 Å². The van der Waals surface area contributed by atoms with Gasteiger partial charge in [-0.15, -0.1) is 12.4 Å². The van der Waals surface area contributed by atoms with Gasteiger partial charge in [0.1, 0.15) is 0 Å². The zero-order chi connectivity index (χ0) is 9.10. The molecule has 0 amide bonds. The molecular weight excluding hydrogens is 202 g/mol. The third-order valence-electron chi connectivity index (χ3n) is 2.70. The van der Waals surface area contributed by atoms with Crippen molar-refractivity contribution in [3.8, 4) is 0 Å². The molecule has 0 saturated carbocycles. The van der Waals surface area contributed by atoms with E-state index in [0.29, 0.717) is 5.92 Å². The number of nitrogens with two attached hydrogens (primary N) is 1. The van der Waals surface area contributed by atoms with Gasteiger partial charge in [-0.05, 0) is 24.8 Å². The summed E-state index contributed by atoms with van der Waals surface area (Å²) in [7, 11) is 0. The zero-order valence-corrected chi connectivity index (χ0v) is 8.83. The summed E-state index contributed by atoms with van der Waals surface area (Å²) in [4.78, 5) is 0. The summed E-state index contributed by atoms with van der Waals surface area (Å²) >= 11 is 0. The van der Waals surface area contributed by atoms with Crippen LogP contribution in [0, 0.1) is 5.92 Å². The Bertz CT molecular complexity index is 245. The maximum atomic E-state index is 6.10. The number of hydrogen-bond acceptors (Lipinski definition) is 3. The van der Waals surface area contributed by atoms with Gasteiger partial charge in [0.2, 0.25) is 0 Å². The molecule has 0 bridgehead atoms. The van der Waals surface area contributed by atoms with Gasteiger partial charge < -0.3 is 14.9 Å². The van der Waals surface area contributed by atoms with Crippen LogP contribution in [0.25, 0.3) is 0 Å². The molecule has 0 spiro atoms. The molecule has 2 N–H and O–H groups in total. The second-order valence-corrected chi connectivity index (χ2v) is 3.53. The van der Waals surface area contributed by atoms with Crippen molar-refractivity contribution >= 4 is 12.4 Å². The number of ether oxygens (including phenoxy) is 1. The molecule has 4 heteroatoms. The molecular formula is C10H16ClNO2. The molecule has 1 aromatic rings. The lowest BCUT2D eigenvalue weighted by molar-refractivity contribution is 0.0583. The Morgan fingerprint density at radius 1 is 1.36 bits per heavy atom. The molecule has 80 valence electrons. The molecule has 1 atom stereocenters. The van der Waals surface area contributed by atoms with Crippen LogP contribution in [-0.4, -0.2) is 13.2 Å². The number of furan rings is 1. The van der Waals surface area contributed by atoms with E-state index in [9.17, 15) is 0 Å². The molecule has 0 unspecified atom stereocenters. The van der Waals surface area contributed by atoms with Gasteiger partial charge in [-0.1, -0.05) is 0 Å². The molecule has 1 aromatic heterocycles. The highest BCUT2D eigenvalue weighted by Crippen LogP contribution is 2.27. The maximum Gasteiger partial charge on any atom is 0.0950 e. The Morgan fingerprint density at radius 2 is 2.07 bits per heavy atom. The monoisotopic (exact) mass is 217 g/mol. The Kier molecular flexibility index (Phi) is 4.45. The number of rotatable bonds is 2. The largest absolute Gasteiger partial charge is 0.472 e. The minimum absolute atomic E-state index is 0. The van der Waals surface area contributed by atoms with Crippen molar-refractivity contribution in [2.24, 2.45) is 11.7 Å². The van der Waals surface area contributed by atoms with Gasteiger partial charge in [-0.25, -0.2) is 0 Å². The van der Waals surface area contributed by atoms with Crippen molar-refractivity contribution < 1.29 is 9.15 Å². The molecule has 2 heterocycles. The van der Waals surface area contributed by atoms with E-state index in [1.807, 2.05) is 6.07 Å². The van der Waals surface area contributed by atoms with E-state index in [1.165, 1.54) is 0 Å². The standard InChI is InChI=1S/C10H15NO2.ClH/c11-10(9-3-6-13-7-9)8-1-4-12-5-2-8;/h3,6-8,10H,1-2,4-5,11H2;1H/t10-;/m1./s1. The molecule has 1 fully saturated rings. The number of hydrogen-bond donors (Lipinski definition) is 1. The fraction of sp³-hybridized carbons (Fsp3) is 0.600. The molecule has 1 aliphatic rings. The zero-order valence-electron chi connectivity index (χ0n) is 8.02. The summed E-state index contributed by atoms with van der Waals surface area (Å²) in [6, 6.07) is 2.06. The summed E-state index contributed by atoms with van der Waals surface area (Å²) < 4.78 is 10.3. The first-order chi connectivity index (χ1) is 6.38. The first kappa shape index (κ1) is 11.6. The molecule has 1 aliphatic heterocycles. The van der Waals surface area contributed by atoms with Gasteiger partial charge in [0.05, 0.1) is 12.5 Å². The quantitative estimate of drug-likeness (QED) is 0.826. The minimum atomic E-state index is 0. The average molecular weight is 218 g/mol. The highest BCUT2D eigenvalue weighted by atomic mass is 35.5. The topological polar surface area (TPSA) is 48.4 Å². The summed E-state index contributed by atoms with van der Waals surface area (Å²) in [5.41, 5.74) is 7.20. The van der Waals surface area contributed by atoms with Crippen LogP contribution in [0.4, 0.5) is 0 Å². The van der Waals surface area contributed by atoms with Gasteiger partial charge in [0.25, 0.3) is 0 Å². The Labute approximate surface area is 90.0 Å². The van der Waals surface area contributed by atoms with Crippen LogP contribution in [0.3, 0.4) is 0 Å². The lowest BCUT2D eigenvalue weighted by Gasteiger charge is -2.26. The van der Waals surface area contributed by atoms with Crippen molar-refractivity contribution in [2.45, 2.75) is 18.9 Å². The lowest BCUT2D eigenvalue weighted by Crippen LogP contribution is -2.27. The normalized spacial score (nSPS) is 20.1. The first-order valence-corrected chi connectivity index (χ1v) is 4.73. The predicted octanol–water partition coefficient (Wildman–Crippen LogP) is 2.13. The average Bonchev–Trinajstić information content (AvgIpc) is 2.71. The van der Waals surface area contributed by atoms with E-state index in [2.05, 4.69) is 0 Å². The molecule has 1 saturated heterocycles. The van der Waals surface area contributed by atoms with E-state index in [-0.39, 0.29) is 18.4 Å². The molecule has 0 aromatic carbocycles. The van der Waals surface area contributed by atoms with Gasteiger partial charge in [0, 0.05) is 24.8 Å². The Hall–Kier alpha value is -0.510. The first-order valence-electron chi connectivity index (χ1n) is 4.73. The van der Waals surface area contributed by atoms with E-state index < -0.39 is 0 Å². The second-order valence-electron chi connectivity index (χ2n) is 3.53. The summed E-state index contributed by atoms with van der Waals surface area (Å²) in [6.45, 7) is 1.69. The van der Waals surface area contributed by atoms with Crippen LogP contribution in [0.2, 0.25) is 0 Å². The predicted molar refractivity (Wildman–Crippen MR) is 56.4 cm³/mol. The fourth-order valence-corrected chi connectivity index (χ4v) is 1.81. The second kappa shape index (κ2) is 5.39. The highest BCUT2D eigenvalue weighted by Gasteiger charge is 2.22. The van der Waals surface area contributed by atoms with Gasteiger partial charge in [0.15, 0.2) is 0 Å². The van der Waals surface area contributed by atoms with Crippen LogP contribution >= 0.6 is 12.4 Å². The maximum absolute atomic E-state index is 6.10. The highest BCUT2D eigenvalue weighted by molar-refractivity contribution is 5.85. The van der Waals surface area contributed by atoms with Crippen LogP contribution in [0.5, 0.6) is 0 Å². The molecule has 3 nitrogen and oxygen atoms in total. The third kappa shape index (κ3) is 2.50. The van der Waals surface area contributed by atoms with E-state index in [1.54, 1.807) is 12.5 Å². The van der Waals surface area contributed by atoms with Crippen LogP contribution in [0.1, 0.15) is 24.4 Å². The molecule has 14 heavy (non-hydrogen) atoms. The Balaban J connectivity index is 0.000000980. The number of halogens is 1. The van der Waals surface area contributed by atoms with E-state index in [0.717, 1.165) is 31.6 Å². The van der Waals surface area contributed by atoms with Crippen LogP contribution in [0.15, 0.2) is 23.0 Å². The minimum Gasteiger partial charge on any atom is -0.472 e.